The second-order valence-electron chi connectivity index (χ2n) is 17.5. The summed E-state index contributed by atoms with van der Waals surface area (Å²) in [5, 5.41) is 6.58. The zero-order chi connectivity index (χ0) is 45.4. The van der Waals surface area contributed by atoms with Crippen molar-refractivity contribution in [2.45, 2.75) is 0 Å². The zero-order valence-corrected chi connectivity index (χ0v) is 37.0. The maximum absolute atomic E-state index is 6.60. The zero-order valence-electron chi connectivity index (χ0n) is 37.0. The molecule has 0 amide bonds. The molecule has 14 aromatic rings. The summed E-state index contributed by atoms with van der Waals surface area (Å²) in [6, 6.07) is 80.4. The van der Waals surface area contributed by atoms with E-state index in [9.17, 15) is 0 Å². The highest BCUT2D eigenvalue weighted by molar-refractivity contribution is 6.14. The Bertz CT molecular complexity index is 4300. The van der Waals surface area contributed by atoms with E-state index in [1.807, 2.05) is 60.7 Å². The lowest BCUT2D eigenvalue weighted by molar-refractivity contribution is 0.669. The van der Waals surface area contributed by atoms with Crippen molar-refractivity contribution in [3.8, 4) is 73.2 Å². The highest BCUT2D eigenvalue weighted by Crippen LogP contribution is 2.42. The summed E-state index contributed by atoms with van der Waals surface area (Å²) in [6.45, 7) is 0. The fraction of sp³-hybridized carbons (Fsp3) is 0. The van der Waals surface area contributed by atoms with Crippen LogP contribution in [0.25, 0.3) is 139 Å². The number of rotatable bonds is 7. The molecule has 0 spiro atoms. The minimum atomic E-state index is 0.567. The summed E-state index contributed by atoms with van der Waals surface area (Å²) in [4.78, 5) is 15.5. The predicted octanol–water partition coefficient (Wildman–Crippen LogP) is 16.8. The SMILES string of the molecule is c1ccc(-c2nc(-c3ccc(-c4cccc5c4oc4ccccc45)cc3)nc(-c3cccc4oc5ccc(-c6ccccc6-c6ccc7c(c6)c6ccccc6n7-c6ccccc6)cc5c34)n2)cc1. The Kier molecular flexibility index (Phi) is 8.79. The Morgan fingerprint density at radius 1 is 0.290 bits per heavy atom. The molecule has 0 saturated carbocycles. The number of furan rings is 2. The molecule has 0 aliphatic rings. The molecule has 0 fully saturated rings. The number of hydrogen-bond acceptors (Lipinski definition) is 5. The summed E-state index contributed by atoms with van der Waals surface area (Å²) in [6.07, 6.45) is 0. The molecule has 322 valence electrons. The molecule has 10 aromatic carbocycles. The maximum atomic E-state index is 6.60. The molecule has 14 rings (SSSR count). The quantitative estimate of drug-likeness (QED) is 0.159. The molecule has 6 heteroatoms. The molecule has 0 radical (unpaired) electrons. The molecule has 69 heavy (non-hydrogen) atoms. The Balaban J connectivity index is 0.888. The third-order valence-corrected chi connectivity index (χ3v) is 13.5. The van der Waals surface area contributed by atoms with Crippen LogP contribution in [0.4, 0.5) is 0 Å². The van der Waals surface area contributed by atoms with E-state index in [1.165, 1.54) is 21.8 Å². The second kappa shape index (κ2) is 15.6. The van der Waals surface area contributed by atoms with Crippen LogP contribution in [0.2, 0.25) is 0 Å². The number of fused-ring (bicyclic) bond motifs is 9. The standard InChI is InChI=1S/C63H38N4O2/c1-3-15-40(16-4-1)61-64-62(41-31-29-39(30-32-41)47-23-13-24-50-49-22-10-12-27-56(49)69-60(47)50)66-63(65-61)51-25-14-28-58-59(51)53-38-43(34-36-57(53)68-58)46-20-8-7-19-45(46)42-33-35-55-52(37-42)48-21-9-11-26-54(48)67(55)44-17-5-2-6-18-44/h1-38H. The molecule has 0 aliphatic heterocycles. The molecule has 6 nitrogen and oxygen atoms in total. The lowest BCUT2D eigenvalue weighted by Gasteiger charge is -2.12. The smallest absolute Gasteiger partial charge is 0.164 e. The first-order valence-corrected chi connectivity index (χ1v) is 23.2. The van der Waals surface area contributed by atoms with Crippen molar-refractivity contribution in [2.75, 3.05) is 0 Å². The lowest BCUT2D eigenvalue weighted by atomic mass is 9.92. The van der Waals surface area contributed by atoms with E-state index < -0.39 is 0 Å². The Morgan fingerprint density at radius 3 is 1.61 bits per heavy atom. The van der Waals surface area contributed by atoms with Gasteiger partial charge < -0.3 is 13.4 Å². The van der Waals surface area contributed by atoms with Gasteiger partial charge in [-0.05, 0) is 82.4 Å². The van der Waals surface area contributed by atoms with Crippen LogP contribution in [0.3, 0.4) is 0 Å². The minimum absolute atomic E-state index is 0.567. The highest BCUT2D eigenvalue weighted by atomic mass is 16.3. The van der Waals surface area contributed by atoms with E-state index in [0.717, 1.165) is 99.6 Å². The van der Waals surface area contributed by atoms with Gasteiger partial charge in [-0.15, -0.1) is 0 Å². The van der Waals surface area contributed by atoms with Gasteiger partial charge in [0.2, 0.25) is 0 Å². The van der Waals surface area contributed by atoms with Crippen molar-refractivity contribution in [3.63, 3.8) is 0 Å². The first-order chi connectivity index (χ1) is 34.2. The average Bonchev–Trinajstić information content (AvgIpc) is 4.11. The van der Waals surface area contributed by atoms with Crippen LogP contribution < -0.4 is 0 Å². The number of para-hydroxylation sites is 4. The second-order valence-corrected chi connectivity index (χ2v) is 17.5. The van der Waals surface area contributed by atoms with Crippen molar-refractivity contribution in [1.82, 2.24) is 19.5 Å². The van der Waals surface area contributed by atoms with Crippen LogP contribution in [0, 0.1) is 0 Å². The lowest BCUT2D eigenvalue weighted by Crippen LogP contribution is -2.00. The molecule has 4 aromatic heterocycles. The molecular formula is C63H38N4O2. The van der Waals surface area contributed by atoms with E-state index >= 15 is 0 Å². The van der Waals surface area contributed by atoms with E-state index in [-0.39, 0.29) is 0 Å². The summed E-state index contributed by atoms with van der Waals surface area (Å²) in [5.74, 6) is 1.74. The van der Waals surface area contributed by atoms with Crippen LogP contribution in [-0.4, -0.2) is 19.5 Å². The van der Waals surface area contributed by atoms with Gasteiger partial charge in [0.05, 0.1) is 11.0 Å². The molecule has 0 unspecified atom stereocenters. The fourth-order valence-electron chi connectivity index (χ4n) is 10.3. The van der Waals surface area contributed by atoms with Gasteiger partial charge in [-0.2, -0.15) is 0 Å². The van der Waals surface area contributed by atoms with E-state index in [0.29, 0.717) is 17.5 Å². The van der Waals surface area contributed by atoms with E-state index in [1.54, 1.807) is 0 Å². The van der Waals surface area contributed by atoms with Crippen LogP contribution in [0.1, 0.15) is 0 Å². The van der Waals surface area contributed by atoms with Gasteiger partial charge in [0.25, 0.3) is 0 Å². The van der Waals surface area contributed by atoms with Crippen LogP contribution in [-0.2, 0) is 0 Å². The van der Waals surface area contributed by atoms with Gasteiger partial charge in [-0.25, -0.2) is 15.0 Å². The van der Waals surface area contributed by atoms with Gasteiger partial charge >= 0.3 is 0 Å². The van der Waals surface area contributed by atoms with Gasteiger partial charge in [-0.1, -0.05) is 176 Å². The van der Waals surface area contributed by atoms with E-state index in [4.69, 9.17) is 23.8 Å². The molecule has 0 saturated heterocycles. The molecule has 0 bridgehead atoms. The first kappa shape index (κ1) is 38.8. The van der Waals surface area contributed by atoms with Crippen molar-refractivity contribution >= 4 is 65.7 Å². The van der Waals surface area contributed by atoms with Crippen LogP contribution in [0.5, 0.6) is 0 Å². The Labute approximate surface area is 396 Å². The number of hydrogen-bond donors (Lipinski definition) is 0. The monoisotopic (exact) mass is 882 g/mol. The van der Waals surface area contributed by atoms with Crippen molar-refractivity contribution < 1.29 is 8.83 Å². The third kappa shape index (κ3) is 6.38. The van der Waals surface area contributed by atoms with Gasteiger partial charge in [0.1, 0.15) is 22.3 Å². The van der Waals surface area contributed by atoms with Crippen LogP contribution in [0.15, 0.2) is 239 Å². The molecule has 0 atom stereocenters. The van der Waals surface area contributed by atoms with Gasteiger partial charge in [0, 0.05) is 60.3 Å². The minimum Gasteiger partial charge on any atom is -0.456 e. The molecular weight excluding hydrogens is 845 g/mol. The van der Waals surface area contributed by atoms with Crippen molar-refractivity contribution in [1.29, 1.82) is 0 Å². The largest absolute Gasteiger partial charge is 0.456 e. The maximum Gasteiger partial charge on any atom is 0.164 e. The summed E-state index contributed by atoms with van der Waals surface area (Å²) in [5.41, 5.74) is 16.1. The van der Waals surface area contributed by atoms with Crippen LogP contribution >= 0.6 is 0 Å². The fourth-order valence-corrected chi connectivity index (χ4v) is 10.3. The Hall–Kier alpha value is -9.39. The summed E-state index contributed by atoms with van der Waals surface area (Å²) >= 11 is 0. The molecule has 0 N–H and O–H groups in total. The first-order valence-electron chi connectivity index (χ1n) is 23.2. The highest BCUT2D eigenvalue weighted by Gasteiger charge is 2.21. The number of nitrogens with zero attached hydrogens (tertiary/aromatic N) is 4. The van der Waals surface area contributed by atoms with Crippen molar-refractivity contribution in [2.24, 2.45) is 0 Å². The van der Waals surface area contributed by atoms with Crippen molar-refractivity contribution in [3.05, 3.63) is 231 Å². The average molecular weight is 883 g/mol. The normalized spacial score (nSPS) is 11.8. The number of benzene rings is 10. The third-order valence-electron chi connectivity index (χ3n) is 13.5. The Morgan fingerprint density at radius 2 is 0.812 bits per heavy atom. The summed E-state index contributed by atoms with van der Waals surface area (Å²) < 4.78 is 15.4. The predicted molar refractivity (Wildman–Crippen MR) is 281 cm³/mol. The van der Waals surface area contributed by atoms with Gasteiger partial charge in [-0.3, -0.25) is 0 Å². The number of aromatic nitrogens is 4. The summed E-state index contributed by atoms with van der Waals surface area (Å²) in [7, 11) is 0. The van der Waals surface area contributed by atoms with Gasteiger partial charge in [0.15, 0.2) is 17.5 Å². The molecule has 0 aliphatic carbocycles. The molecule has 4 heterocycles. The topological polar surface area (TPSA) is 69.9 Å². The van der Waals surface area contributed by atoms with E-state index in [2.05, 4.69) is 174 Å².